The van der Waals surface area contributed by atoms with Crippen molar-refractivity contribution in [1.29, 1.82) is 0 Å². The van der Waals surface area contributed by atoms with Gasteiger partial charge >= 0.3 is 0 Å². The third-order valence-corrected chi connectivity index (χ3v) is 5.16. The molecule has 3 rings (SSSR count). The Morgan fingerprint density at radius 1 is 1.14 bits per heavy atom. The Hall–Kier alpha value is -0.360. The van der Waals surface area contributed by atoms with Gasteiger partial charge in [0.2, 0.25) is 0 Å². The van der Waals surface area contributed by atoms with Gasteiger partial charge in [0, 0.05) is 41.6 Å². The van der Waals surface area contributed by atoms with Crippen LogP contribution in [-0.4, -0.2) is 31.1 Å². The SMILES string of the molecule is Cl.Fc1cc(Cl)ccc1[C@H](c1ccc(Cl)s1)N1CCNCC1. The Labute approximate surface area is 149 Å². The van der Waals surface area contributed by atoms with Crippen LogP contribution in [0.3, 0.4) is 0 Å². The average Bonchev–Trinajstić information content (AvgIpc) is 2.89. The molecule has 1 aliphatic heterocycles. The molecule has 1 aliphatic rings. The van der Waals surface area contributed by atoms with Crippen molar-refractivity contribution in [2.45, 2.75) is 6.04 Å². The normalized spacial score (nSPS) is 17.0. The molecule has 7 heteroatoms. The van der Waals surface area contributed by atoms with Crippen LogP contribution in [0.25, 0.3) is 0 Å². The second-order valence-corrected chi connectivity index (χ2v) is 7.18. The number of thiophene rings is 1. The van der Waals surface area contributed by atoms with Gasteiger partial charge in [-0.15, -0.1) is 23.7 Å². The number of piperazine rings is 1. The minimum atomic E-state index is -0.268. The monoisotopic (exact) mass is 380 g/mol. The van der Waals surface area contributed by atoms with Crippen LogP contribution in [0, 0.1) is 5.82 Å². The van der Waals surface area contributed by atoms with Crippen LogP contribution in [0.2, 0.25) is 9.36 Å². The lowest BCUT2D eigenvalue weighted by molar-refractivity contribution is 0.197. The van der Waals surface area contributed by atoms with E-state index in [0.29, 0.717) is 10.6 Å². The van der Waals surface area contributed by atoms with Crippen molar-refractivity contribution in [2.24, 2.45) is 0 Å². The molecule has 0 saturated carbocycles. The van der Waals surface area contributed by atoms with Crippen LogP contribution in [0.5, 0.6) is 0 Å². The quantitative estimate of drug-likeness (QED) is 0.835. The van der Waals surface area contributed by atoms with Gasteiger partial charge in [-0.3, -0.25) is 4.90 Å². The van der Waals surface area contributed by atoms with Gasteiger partial charge in [-0.2, -0.15) is 0 Å². The Balaban J connectivity index is 0.00000176. The van der Waals surface area contributed by atoms with E-state index >= 15 is 0 Å². The second kappa shape index (κ2) is 7.95. The van der Waals surface area contributed by atoms with E-state index in [9.17, 15) is 4.39 Å². The standard InChI is InChI=1S/C15H15Cl2FN2S.ClH/c16-10-1-2-11(12(18)9-10)15(13-3-4-14(17)21-13)20-7-5-19-6-8-20;/h1-4,9,15,19H,5-8H2;1H/t15-;/m1./s1. The molecule has 1 fully saturated rings. The lowest BCUT2D eigenvalue weighted by Gasteiger charge is -2.34. The zero-order valence-electron chi connectivity index (χ0n) is 11.7. The number of rotatable bonds is 3. The fourth-order valence-electron chi connectivity index (χ4n) is 2.67. The molecule has 2 aromatic rings. The summed E-state index contributed by atoms with van der Waals surface area (Å²) in [6.07, 6.45) is 0. The third-order valence-electron chi connectivity index (χ3n) is 3.64. The number of nitrogens with zero attached hydrogens (tertiary/aromatic N) is 1. The summed E-state index contributed by atoms with van der Waals surface area (Å²) in [5.41, 5.74) is 0.653. The maximum Gasteiger partial charge on any atom is 0.129 e. The zero-order chi connectivity index (χ0) is 14.8. The Kier molecular flexibility index (Phi) is 6.50. The topological polar surface area (TPSA) is 15.3 Å². The van der Waals surface area contributed by atoms with E-state index in [0.717, 1.165) is 35.4 Å². The average molecular weight is 382 g/mol. The van der Waals surface area contributed by atoms with Gasteiger partial charge in [-0.1, -0.05) is 29.3 Å². The molecule has 0 unspecified atom stereocenters. The maximum absolute atomic E-state index is 14.4. The van der Waals surface area contributed by atoms with E-state index in [2.05, 4.69) is 10.2 Å². The van der Waals surface area contributed by atoms with E-state index < -0.39 is 0 Å². The fourth-order valence-corrected chi connectivity index (χ4v) is 4.04. The van der Waals surface area contributed by atoms with Gasteiger partial charge in [0.25, 0.3) is 0 Å². The molecule has 1 aromatic carbocycles. The molecule has 1 atom stereocenters. The molecule has 1 aromatic heterocycles. The van der Waals surface area contributed by atoms with Crippen molar-refractivity contribution in [2.75, 3.05) is 26.2 Å². The summed E-state index contributed by atoms with van der Waals surface area (Å²) in [5.74, 6) is -0.268. The van der Waals surface area contributed by atoms with Gasteiger partial charge in [-0.25, -0.2) is 4.39 Å². The molecule has 0 amide bonds. The zero-order valence-corrected chi connectivity index (χ0v) is 14.8. The van der Waals surface area contributed by atoms with Crippen LogP contribution >= 0.6 is 46.9 Å². The van der Waals surface area contributed by atoms with Crippen LogP contribution in [0.4, 0.5) is 4.39 Å². The molecule has 0 aliphatic carbocycles. The summed E-state index contributed by atoms with van der Waals surface area (Å²) in [5, 5.41) is 3.74. The van der Waals surface area contributed by atoms with E-state index in [1.807, 2.05) is 12.1 Å². The predicted octanol–water partition coefficient (Wildman–Crippen LogP) is 4.61. The van der Waals surface area contributed by atoms with E-state index in [4.69, 9.17) is 23.2 Å². The van der Waals surface area contributed by atoms with Crippen LogP contribution in [0.15, 0.2) is 30.3 Å². The summed E-state index contributed by atoms with van der Waals surface area (Å²) in [6.45, 7) is 3.57. The summed E-state index contributed by atoms with van der Waals surface area (Å²) >= 11 is 13.4. The highest BCUT2D eigenvalue weighted by Crippen LogP contribution is 2.37. The number of hydrogen-bond acceptors (Lipinski definition) is 3. The van der Waals surface area contributed by atoms with Crippen molar-refractivity contribution in [3.05, 3.63) is 55.9 Å². The Morgan fingerprint density at radius 3 is 2.45 bits per heavy atom. The fraction of sp³-hybridized carbons (Fsp3) is 0.333. The molecule has 22 heavy (non-hydrogen) atoms. The summed E-state index contributed by atoms with van der Waals surface area (Å²) in [4.78, 5) is 3.34. The van der Waals surface area contributed by atoms with E-state index in [-0.39, 0.29) is 24.3 Å². The Morgan fingerprint density at radius 2 is 1.86 bits per heavy atom. The van der Waals surface area contributed by atoms with Crippen LogP contribution in [-0.2, 0) is 0 Å². The molecular formula is C15H16Cl3FN2S. The molecule has 2 heterocycles. The van der Waals surface area contributed by atoms with Gasteiger partial charge < -0.3 is 5.32 Å². The molecule has 0 spiro atoms. The lowest BCUT2D eigenvalue weighted by Crippen LogP contribution is -2.45. The number of nitrogens with one attached hydrogen (secondary N) is 1. The highest BCUT2D eigenvalue weighted by atomic mass is 35.5. The number of halogens is 4. The van der Waals surface area contributed by atoms with Crippen LogP contribution in [0.1, 0.15) is 16.5 Å². The summed E-state index contributed by atoms with van der Waals surface area (Å²) in [6, 6.07) is 8.63. The predicted molar refractivity (Wildman–Crippen MR) is 94.3 cm³/mol. The number of hydrogen-bond donors (Lipinski definition) is 1. The minimum absolute atomic E-state index is 0. The largest absolute Gasteiger partial charge is 0.314 e. The number of benzene rings is 1. The van der Waals surface area contributed by atoms with Crippen molar-refractivity contribution < 1.29 is 4.39 Å². The van der Waals surface area contributed by atoms with Crippen molar-refractivity contribution in [3.63, 3.8) is 0 Å². The molecule has 0 radical (unpaired) electrons. The second-order valence-electron chi connectivity index (χ2n) is 5.00. The highest BCUT2D eigenvalue weighted by molar-refractivity contribution is 7.16. The van der Waals surface area contributed by atoms with Crippen molar-refractivity contribution >= 4 is 46.9 Å². The van der Waals surface area contributed by atoms with Crippen molar-refractivity contribution in [3.8, 4) is 0 Å². The highest BCUT2D eigenvalue weighted by Gasteiger charge is 2.27. The molecule has 0 bridgehead atoms. The molecule has 2 nitrogen and oxygen atoms in total. The summed E-state index contributed by atoms with van der Waals surface area (Å²) < 4.78 is 15.1. The maximum atomic E-state index is 14.4. The first-order valence-corrected chi connectivity index (χ1v) is 8.37. The molecule has 1 N–H and O–H groups in total. The first-order valence-electron chi connectivity index (χ1n) is 6.80. The molecule has 120 valence electrons. The Bertz CT molecular complexity index is 629. The van der Waals surface area contributed by atoms with Gasteiger partial charge in [0.15, 0.2) is 0 Å². The minimum Gasteiger partial charge on any atom is -0.314 e. The van der Waals surface area contributed by atoms with Crippen molar-refractivity contribution in [1.82, 2.24) is 10.2 Å². The first-order chi connectivity index (χ1) is 10.1. The van der Waals surface area contributed by atoms with E-state index in [1.165, 1.54) is 17.4 Å². The van der Waals surface area contributed by atoms with Gasteiger partial charge in [0.05, 0.1) is 10.4 Å². The van der Waals surface area contributed by atoms with Gasteiger partial charge in [0.1, 0.15) is 5.82 Å². The third kappa shape index (κ3) is 3.94. The lowest BCUT2D eigenvalue weighted by atomic mass is 10.0. The molecule has 1 saturated heterocycles. The van der Waals surface area contributed by atoms with Crippen LogP contribution < -0.4 is 5.32 Å². The first kappa shape index (κ1) is 18.0. The van der Waals surface area contributed by atoms with Gasteiger partial charge in [-0.05, 0) is 24.3 Å². The molecular weight excluding hydrogens is 366 g/mol. The van der Waals surface area contributed by atoms with E-state index in [1.54, 1.807) is 12.1 Å². The smallest absolute Gasteiger partial charge is 0.129 e. The summed E-state index contributed by atoms with van der Waals surface area (Å²) in [7, 11) is 0.